The Kier molecular flexibility index (Phi) is 1.84. The third-order valence-electron chi connectivity index (χ3n) is 1.24. The first-order chi connectivity index (χ1) is 3.93. The van der Waals surface area contributed by atoms with E-state index in [1.165, 1.54) is 12.1 Å². The molecule has 8 heavy (non-hydrogen) atoms. The number of nitrogens with zero attached hydrogens (tertiary/aromatic N) is 1. The summed E-state index contributed by atoms with van der Waals surface area (Å²) in [5.41, 5.74) is 1.27. The summed E-state index contributed by atoms with van der Waals surface area (Å²) in [5, 5.41) is 0. The molecule has 0 saturated carbocycles. The number of allylic oxidation sites excluding steroid dienone is 2. The van der Waals surface area contributed by atoms with Gasteiger partial charge in [0.25, 0.3) is 0 Å². The zero-order valence-electron chi connectivity index (χ0n) is 5.22. The van der Waals surface area contributed by atoms with Crippen molar-refractivity contribution in [1.29, 1.82) is 0 Å². The topological polar surface area (TPSA) is 12.4 Å². The van der Waals surface area contributed by atoms with E-state index in [9.17, 15) is 0 Å². The maximum atomic E-state index is 4.25. The fraction of sp³-hybridized carbons (Fsp3) is 0.571. The summed E-state index contributed by atoms with van der Waals surface area (Å²) in [7, 11) is 0. The lowest BCUT2D eigenvalue weighted by atomic mass is 10.3. The molecule has 0 amide bonds. The zero-order valence-corrected chi connectivity index (χ0v) is 5.22. The van der Waals surface area contributed by atoms with Crippen molar-refractivity contribution in [2.24, 2.45) is 4.99 Å². The van der Waals surface area contributed by atoms with Crippen molar-refractivity contribution in [2.75, 3.05) is 6.54 Å². The second-order valence-corrected chi connectivity index (χ2v) is 1.91. The van der Waals surface area contributed by atoms with Crippen LogP contribution >= 0.6 is 0 Å². The first kappa shape index (κ1) is 5.54. The van der Waals surface area contributed by atoms with E-state index in [0.29, 0.717) is 0 Å². The third kappa shape index (κ3) is 1.19. The number of rotatable bonds is 1. The molecule has 0 radical (unpaired) electrons. The van der Waals surface area contributed by atoms with E-state index in [0.717, 1.165) is 13.0 Å². The van der Waals surface area contributed by atoms with Gasteiger partial charge >= 0.3 is 0 Å². The normalized spacial score (nSPS) is 22.9. The molecule has 0 aromatic carbocycles. The van der Waals surface area contributed by atoms with E-state index in [2.05, 4.69) is 24.1 Å². The largest absolute Gasteiger partial charge is 0.290 e. The van der Waals surface area contributed by atoms with Crippen molar-refractivity contribution in [3.63, 3.8) is 0 Å². The standard InChI is InChI=1S/C7H11N/c1-2-8-7-5-3-4-6-7/h3,5H,2,4,6H2,1H3. The Morgan fingerprint density at radius 1 is 1.75 bits per heavy atom. The lowest BCUT2D eigenvalue weighted by Gasteiger charge is -1.87. The number of aliphatic imine (C=N–C) groups is 1. The Labute approximate surface area is 50.1 Å². The first-order valence-electron chi connectivity index (χ1n) is 3.13. The molecule has 0 fully saturated rings. The summed E-state index contributed by atoms with van der Waals surface area (Å²) in [6.45, 7) is 3.00. The molecule has 1 aliphatic carbocycles. The molecule has 0 spiro atoms. The van der Waals surface area contributed by atoms with Gasteiger partial charge in [-0.2, -0.15) is 0 Å². The molecule has 1 aliphatic rings. The van der Waals surface area contributed by atoms with Crippen molar-refractivity contribution in [1.82, 2.24) is 0 Å². The Morgan fingerprint density at radius 2 is 2.62 bits per heavy atom. The van der Waals surface area contributed by atoms with Crippen LogP contribution in [0.25, 0.3) is 0 Å². The van der Waals surface area contributed by atoms with Crippen molar-refractivity contribution < 1.29 is 0 Å². The fourth-order valence-corrected chi connectivity index (χ4v) is 0.869. The summed E-state index contributed by atoms with van der Waals surface area (Å²) in [6.07, 6.45) is 6.64. The van der Waals surface area contributed by atoms with Gasteiger partial charge in [-0.1, -0.05) is 6.08 Å². The predicted molar refractivity (Wildman–Crippen MR) is 36.4 cm³/mol. The lowest BCUT2D eigenvalue weighted by Crippen LogP contribution is -1.86. The molecule has 1 nitrogen and oxygen atoms in total. The minimum Gasteiger partial charge on any atom is -0.290 e. The molecular weight excluding hydrogens is 98.1 g/mol. The predicted octanol–water partition coefficient (Wildman–Crippen LogP) is 1.80. The van der Waals surface area contributed by atoms with Crippen molar-refractivity contribution in [3.05, 3.63) is 12.2 Å². The minimum absolute atomic E-state index is 0.930. The van der Waals surface area contributed by atoms with Crippen LogP contribution in [0.15, 0.2) is 17.1 Å². The first-order valence-corrected chi connectivity index (χ1v) is 3.13. The Hall–Kier alpha value is -0.590. The van der Waals surface area contributed by atoms with Crippen LogP contribution in [0, 0.1) is 0 Å². The Balaban J connectivity index is 2.46. The third-order valence-corrected chi connectivity index (χ3v) is 1.24. The van der Waals surface area contributed by atoms with Crippen LogP contribution in [-0.2, 0) is 0 Å². The summed E-state index contributed by atoms with van der Waals surface area (Å²) < 4.78 is 0. The number of hydrogen-bond acceptors (Lipinski definition) is 1. The molecule has 0 aromatic rings. The van der Waals surface area contributed by atoms with E-state index >= 15 is 0 Å². The summed E-state index contributed by atoms with van der Waals surface area (Å²) in [4.78, 5) is 4.25. The molecule has 44 valence electrons. The highest BCUT2D eigenvalue weighted by atomic mass is 14.7. The highest BCUT2D eigenvalue weighted by molar-refractivity contribution is 5.96. The lowest BCUT2D eigenvalue weighted by molar-refractivity contribution is 1.08. The minimum atomic E-state index is 0.930. The maximum Gasteiger partial charge on any atom is 0.0364 e. The maximum absolute atomic E-state index is 4.25. The van der Waals surface area contributed by atoms with Gasteiger partial charge in [0.2, 0.25) is 0 Å². The van der Waals surface area contributed by atoms with E-state index in [-0.39, 0.29) is 0 Å². The molecule has 0 aliphatic heterocycles. The molecule has 0 heterocycles. The van der Waals surface area contributed by atoms with Gasteiger partial charge in [0.05, 0.1) is 0 Å². The second-order valence-electron chi connectivity index (χ2n) is 1.91. The van der Waals surface area contributed by atoms with Crippen LogP contribution in [0.2, 0.25) is 0 Å². The van der Waals surface area contributed by atoms with Crippen LogP contribution in [-0.4, -0.2) is 12.3 Å². The number of hydrogen-bond donors (Lipinski definition) is 0. The molecule has 0 atom stereocenters. The van der Waals surface area contributed by atoms with Crippen LogP contribution < -0.4 is 0 Å². The average molecular weight is 109 g/mol. The van der Waals surface area contributed by atoms with Crippen LogP contribution in [0.5, 0.6) is 0 Å². The molecule has 0 aromatic heterocycles. The average Bonchev–Trinajstić information content (AvgIpc) is 2.19. The van der Waals surface area contributed by atoms with Crippen molar-refractivity contribution >= 4 is 5.71 Å². The second kappa shape index (κ2) is 2.65. The van der Waals surface area contributed by atoms with E-state index < -0.39 is 0 Å². The van der Waals surface area contributed by atoms with Crippen molar-refractivity contribution in [3.8, 4) is 0 Å². The summed E-state index contributed by atoms with van der Waals surface area (Å²) >= 11 is 0. The highest BCUT2D eigenvalue weighted by Crippen LogP contribution is 2.04. The van der Waals surface area contributed by atoms with Gasteiger partial charge in [-0.3, -0.25) is 4.99 Å². The van der Waals surface area contributed by atoms with E-state index in [4.69, 9.17) is 0 Å². The molecular formula is C7H11N. The van der Waals surface area contributed by atoms with Gasteiger partial charge in [-0.05, 0) is 25.8 Å². The van der Waals surface area contributed by atoms with Gasteiger partial charge in [0.1, 0.15) is 0 Å². The Bertz CT molecular complexity index is 122. The van der Waals surface area contributed by atoms with Gasteiger partial charge in [0.15, 0.2) is 0 Å². The van der Waals surface area contributed by atoms with Gasteiger partial charge in [-0.25, -0.2) is 0 Å². The smallest absolute Gasteiger partial charge is 0.0364 e. The monoisotopic (exact) mass is 109 g/mol. The zero-order chi connectivity index (χ0) is 5.82. The summed E-state index contributed by atoms with van der Waals surface area (Å²) in [6, 6.07) is 0. The van der Waals surface area contributed by atoms with Gasteiger partial charge in [-0.15, -0.1) is 0 Å². The van der Waals surface area contributed by atoms with Gasteiger partial charge in [0, 0.05) is 12.3 Å². The molecule has 0 N–H and O–H groups in total. The van der Waals surface area contributed by atoms with Gasteiger partial charge < -0.3 is 0 Å². The fourth-order valence-electron chi connectivity index (χ4n) is 0.869. The van der Waals surface area contributed by atoms with Crippen LogP contribution in [0.4, 0.5) is 0 Å². The SMILES string of the molecule is CCN=C1C=CCC1. The van der Waals surface area contributed by atoms with Crippen LogP contribution in [0.1, 0.15) is 19.8 Å². The molecule has 0 bridgehead atoms. The Morgan fingerprint density at radius 3 is 3.12 bits per heavy atom. The van der Waals surface area contributed by atoms with E-state index in [1.54, 1.807) is 0 Å². The molecule has 0 saturated heterocycles. The highest BCUT2D eigenvalue weighted by Gasteiger charge is 1.97. The molecule has 0 unspecified atom stereocenters. The molecule has 1 rings (SSSR count). The van der Waals surface area contributed by atoms with Crippen LogP contribution in [0.3, 0.4) is 0 Å². The van der Waals surface area contributed by atoms with Crippen molar-refractivity contribution in [2.45, 2.75) is 19.8 Å². The summed E-state index contributed by atoms with van der Waals surface area (Å²) in [5.74, 6) is 0. The van der Waals surface area contributed by atoms with E-state index in [1.807, 2.05) is 0 Å². The molecule has 1 heteroatoms. The quantitative estimate of drug-likeness (QED) is 0.487.